The van der Waals surface area contributed by atoms with Gasteiger partial charge < -0.3 is 9.64 Å². The van der Waals surface area contributed by atoms with E-state index in [0.29, 0.717) is 23.3 Å². The lowest BCUT2D eigenvalue weighted by atomic mass is 9.99. The highest BCUT2D eigenvalue weighted by Crippen LogP contribution is 2.26. The maximum atomic E-state index is 12.4. The van der Waals surface area contributed by atoms with Crippen LogP contribution < -0.4 is 0 Å². The summed E-state index contributed by atoms with van der Waals surface area (Å²) in [5.41, 5.74) is 0.514. The molecule has 1 saturated heterocycles. The number of hydrogen-bond donors (Lipinski definition) is 0. The first kappa shape index (κ1) is 14.0. The zero-order valence-corrected chi connectivity index (χ0v) is 12.4. The molecule has 2 unspecified atom stereocenters. The molecule has 19 heavy (non-hydrogen) atoms. The van der Waals surface area contributed by atoms with Crippen LogP contribution in [0.3, 0.4) is 0 Å². The van der Waals surface area contributed by atoms with Crippen LogP contribution in [0.2, 0.25) is 0 Å². The van der Waals surface area contributed by atoms with E-state index in [0.717, 1.165) is 0 Å². The number of rotatable bonds is 2. The summed E-state index contributed by atoms with van der Waals surface area (Å²) in [6.45, 7) is 2.90. The number of halogens is 1. The van der Waals surface area contributed by atoms with Crippen molar-refractivity contribution in [3.63, 3.8) is 0 Å². The lowest BCUT2D eigenvalue weighted by Gasteiger charge is -2.16. The Morgan fingerprint density at radius 2 is 2.21 bits per heavy atom. The summed E-state index contributed by atoms with van der Waals surface area (Å²) in [6, 6.07) is 3.44. The van der Waals surface area contributed by atoms with Gasteiger partial charge in [-0.05, 0) is 34.0 Å². The number of amides is 1. The standard InChI is InChI=1S/C13H15BrN2O3/c1-8-6-16(7-10(8)13(18)19-2)12(17)9-4-3-5-15-11(9)14/h3-5,8,10H,6-7H2,1-2H3. The Labute approximate surface area is 120 Å². The number of pyridine rings is 1. The molecule has 0 aliphatic carbocycles. The van der Waals surface area contributed by atoms with Crippen LogP contribution in [-0.2, 0) is 9.53 Å². The van der Waals surface area contributed by atoms with E-state index < -0.39 is 0 Å². The normalized spacial score (nSPS) is 22.4. The first-order valence-corrected chi connectivity index (χ1v) is 6.81. The quantitative estimate of drug-likeness (QED) is 0.613. The molecule has 0 radical (unpaired) electrons. The maximum absolute atomic E-state index is 12.4. The van der Waals surface area contributed by atoms with Gasteiger partial charge >= 0.3 is 5.97 Å². The van der Waals surface area contributed by atoms with E-state index in [9.17, 15) is 9.59 Å². The Balaban J connectivity index is 2.15. The van der Waals surface area contributed by atoms with E-state index in [4.69, 9.17) is 4.74 Å². The Morgan fingerprint density at radius 3 is 2.84 bits per heavy atom. The van der Waals surface area contributed by atoms with Crippen molar-refractivity contribution in [2.75, 3.05) is 20.2 Å². The summed E-state index contributed by atoms with van der Waals surface area (Å²) in [5.74, 6) is -0.512. The van der Waals surface area contributed by atoms with E-state index in [2.05, 4.69) is 20.9 Å². The van der Waals surface area contributed by atoms with Gasteiger partial charge in [0.05, 0.1) is 18.6 Å². The lowest BCUT2D eigenvalue weighted by molar-refractivity contribution is -0.146. The molecule has 1 aliphatic rings. The fourth-order valence-electron chi connectivity index (χ4n) is 2.31. The number of carbonyl (C=O) groups excluding carboxylic acids is 2. The van der Waals surface area contributed by atoms with Crippen LogP contribution in [0.15, 0.2) is 22.9 Å². The molecule has 0 saturated carbocycles. The van der Waals surface area contributed by atoms with E-state index in [1.165, 1.54) is 7.11 Å². The van der Waals surface area contributed by atoms with Gasteiger partial charge in [-0.25, -0.2) is 4.98 Å². The minimum atomic E-state index is -0.256. The highest BCUT2D eigenvalue weighted by Gasteiger charge is 2.38. The second kappa shape index (κ2) is 5.69. The summed E-state index contributed by atoms with van der Waals surface area (Å²) in [7, 11) is 1.37. The average molecular weight is 327 g/mol. The predicted octanol–water partition coefficient (Wildman–Crippen LogP) is 1.73. The summed E-state index contributed by atoms with van der Waals surface area (Å²) in [5, 5.41) is 0. The molecule has 1 aliphatic heterocycles. The van der Waals surface area contributed by atoms with Gasteiger partial charge in [-0.15, -0.1) is 0 Å². The van der Waals surface area contributed by atoms with Crippen molar-refractivity contribution in [1.82, 2.24) is 9.88 Å². The number of carbonyl (C=O) groups is 2. The predicted molar refractivity (Wildman–Crippen MR) is 72.5 cm³/mol. The minimum Gasteiger partial charge on any atom is -0.469 e. The molecule has 2 heterocycles. The summed E-state index contributed by atoms with van der Waals surface area (Å²) in [6.07, 6.45) is 1.62. The van der Waals surface area contributed by atoms with Gasteiger partial charge in [-0.2, -0.15) is 0 Å². The van der Waals surface area contributed by atoms with Crippen LogP contribution in [0.5, 0.6) is 0 Å². The van der Waals surface area contributed by atoms with Crippen LogP contribution in [0.4, 0.5) is 0 Å². The van der Waals surface area contributed by atoms with E-state index >= 15 is 0 Å². The molecular weight excluding hydrogens is 312 g/mol. The smallest absolute Gasteiger partial charge is 0.310 e. The molecule has 2 atom stereocenters. The third-order valence-electron chi connectivity index (χ3n) is 3.39. The topological polar surface area (TPSA) is 59.5 Å². The maximum Gasteiger partial charge on any atom is 0.310 e. The van der Waals surface area contributed by atoms with Crippen LogP contribution in [0, 0.1) is 11.8 Å². The molecule has 102 valence electrons. The summed E-state index contributed by atoms with van der Waals surface area (Å²) >= 11 is 3.27. The molecular formula is C13H15BrN2O3. The van der Waals surface area contributed by atoms with Crippen LogP contribution in [0.25, 0.3) is 0 Å². The van der Waals surface area contributed by atoms with Crippen molar-refractivity contribution in [3.05, 3.63) is 28.5 Å². The molecule has 0 spiro atoms. The average Bonchev–Trinajstić information content (AvgIpc) is 2.80. The third kappa shape index (κ3) is 2.78. The Kier molecular flexibility index (Phi) is 4.19. The zero-order valence-electron chi connectivity index (χ0n) is 10.8. The molecule has 0 aromatic carbocycles. The molecule has 0 bridgehead atoms. The SMILES string of the molecule is COC(=O)C1CN(C(=O)c2cccnc2Br)CC1C. The first-order valence-electron chi connectivity index (χ1n) is 6.02. The summed E-state index contributed by atoms with van der Waals surface area (Å²) in [4.78, 5) is 29.7. The number of esters is 1. The second-order valence-electron chi connectivity index (χ2n) is 4.66. The van der Waals surface area contributed by atoms with Crippen LogP contribution in [-0.4, -0.2) is 42.0 Å². The lowest BCUT2D eigenvalue weighted by Crippen LogP contribution is -2.30. The van der Waals surface area contributed by atoms with Crippen LogP contribution in [0.1, 0.15) is 17.3 Å². The molecule has 2 rings (SSSR count). The van der Waals surface area contributed by atoms with E-state index in [-0.39, 0.29) is 23.7 Å². The van der Waals surface area contributed by atoms with Gasteiger partial charge in [0, 0.05) is 19.3 Å². The monoisotopic (exact) mass is 326 g/mol. The molecule has 0 N–H and O–H groups in total. The third-order valence-corrected chi connectivity index (χ3v) is 4.02. The summed E-state index contributed by atoms with van der Waals surface area (Å²) < 4.78 is 5.29. The van der Waals surface area contributed by atoms with Crippen LogP contribution >= 0.6 is 15.9 Å². The van der Waals surface area contributed by atoms with Crippen molar-refractivity contribution in [3.8, 4) is 0 Å². The van der Waals surface area contributed by atoms with Crippen molar-refractivity contribution in [1.29, 1.82) is 0 Å². The van der Waals surface area contributed by atoms with Crippen molar-refractivity contribution in [2.24, 2.45) is 11.8 Å². The molecule has 1 aromatic rings. The van der Waals surface area contributed by atoms with Gasteiger partial charge in [0.25, 0.3) is 5.91 Å². The first-order chi connectivity index (χ1) is 9.04. The second-order valence-corrected chi connectivity index (χ2v) is 5.41. The number of aromatic nitrogens is 1. The van der Waals surface area contributed by atoms with E-state index in [1.54, 1.807) is 23.2 Å². The largest absolute Gasteiger partial charge is 0.469 e. The molecule has 5 nitrogen and oxygen atoms in total. The zero-order chi connectivity index (χ0) is 14.0. The Hall–Kier alpha value is -1.43. The van der Waals surface area contributed by atoms with Gasteiger partial charge in [-0.1, -0.05) is 6.92 Å². The van der Waals surface area contributed by atoms with Crippen molar-refractivity contribution in [2.45, 2.75) is 6.92 Å². The Bertz CT molecular complexity index is 506. The number of ether oxygens (including phenoxy) is 1. The van der Waals surface area contributed by atoms with Crippen molar-refractivity contribution < 1.29 is 14.3 Å². The van der Waals surface area contributed by atoms with Gasteiger partial charge in [0.15, 0.2) is 0 Å². The Morgan fingerprint density at radius 1 is 1.47 bits per heavy atom. The fraction of sp³-hybridized carbons (Fsp3) is 0.462. The highest BCUT2D eigenvalue weighted by molar-refractivity contribution is 9.10. The van der Waals surface area contributed by atoms with Gasteiger partial charge in [0.1, 0.15) is 4.60 Å². The van der Waals surface area contributed by atoms with E-state index in [1.807, 2.05) is 6.92 Å². The molecule has 1 fully saturated rings. The number of hydrogen-bond acceptors (Lipinski definition) is 4. The highest BCUT2D eigenvalue weighted by atomic mass is 79.9. The molecule has 1 amide bonds. The fourth-order valence-corrected chi connectivity index (χ4v) is 2.73. The number of nitrogens with zero attached hydrogens (tertiary/aromatic N) is 2. The number of methoxy groups -OCH3 is 1. The van der Waals surface area contributed by atoms with Gasteiger partial charge in [0.2, 0.25) is 0 Å². The molecule has 1 aromatic heterocycles. The number of likely N-dealkylation sites (tertiary alicyclic amines) is 1. The van der Waals surface area contributed by atoms with Crippen molar-refractivity contribution >= 4 is 27.8 Å². The van der Waals surface area contributed by atoms with Gasteiger partial charge in [-0.3, -0.25) is 9.59 Å². The minimum absolute atomic E-state index is 0.104. The molecule has 6 heteroatoms.